The van der Waals surface area contributed by atoms with Crippen molar-refractivity contribution in [3.63, 3.8) is 0 Å². The van der Waals surface area contributed by atoms with Crippen molar-refractivity contribution in [2.45, 2.75) is 46.6 Å². The number of anilines is 1. The van der Waals surface area contributed by atoms with E-state index in [0.29, 0.717) is 5.75 Å². The monoisotopic (exact) mass is 459 g/mol. The van der Waals surface area contributed by atoms with E-state index in [-0.39, 0.29) is 30.8 Å². The highest BCUT2D eigenvalue weighted by molar-refractivity contribution is 9.10. The number of halogens is 1. The second kappa shape index (κ2) is 10.8. The molecule has 0 aliphatic heterocycles. The molecular weight excluding hydrogens is 434 g/mol. The fourth-order valence-corrected chi connectivity index (χ4v) is 2.90. The second-order valence-corrected chi connectivity index (χ2v) is 7.92. The summed E-state index contributed by atoms with van der Waals surface area (Å²) in [6.07, 6.45) is 1.67. The van der Waals surface area contributed by atoms with E-state index in [9.17, 15) is 9.59 Å². The number of nitrogens with one attached hydrogen (secondary N) is 2. The summed E-state index contributed by atoms with van der Waals surface area (Å²) >= 11 is 3.41. The molecule has 0 saturated heterocycles. The van der Waals surface area contributed by atoms with Crippen LogP contribution < -0.4 is 15.5 Å². The van der Waals surface area contributed by atoms with Crippen molar-refractivity contribution in [1.29, 1.82) is 0 Å². The van der Waals surface area contributed by atoms with Gasteiger partial charge >= 0.3 is 0 Å². The molecule has 0 spiro atoms. The van der Waals surface area contributed by atoms with Crippen molar-refractivity contribution < 1.29 is 14.3 Å². The maximum absolute atomic E-state index is 12.1. The van der Waals surface area contributed by atoms with Crippen molar-refractivity contribution in [3.8, 4) is 5.75 Å². The lowest BCUT2D eigenvalue weighted by atomic mass is 10.1. The second-order valence-electron chi connectivity index (χ2n) is 7.01. The van der Waals surface area contributed by atoms with E-state index >= 15 is 0 Å². The zero-order chi connectivity index (χ0) is 21.4. The van der Waals surface area contributed by atoms with Gasteiger partial charge in [0.05, 0.1) is 12.3 Å². The van der Waals surface area contributed by atoms with Gasteiger partial charge in [0.15, 0.2) is 0 Å². The van der Waals surface area contributed by atoms with Gasteiger partial charge in [-0.3, -0.25) is 9.59 Å². The molecule has 0 fully saturated rings. The molecule has 0 unspecified atom stereocenters. The summed E-state index contributed by atoms with van der Waals surface area (Å²) < 4.78 is 6.61. The number of ether oxygens (including phenoxy) is 1. The predicted molar refractivity (Wildman–Crippen MR) is 119 cm³/mol. The molecule has 0 atom stereocenters. The molecular formula is C22H26BrN3O3. The van der Waals surface area contributed by atoms with Crippen LogP contribution in [0, 0.1) is 13.8 Å². The largest absolute Gasteiger partial charge is 0.490 e. The molecule has 0 aromatic heterocycles. The van der Waals surface area contributed by atoms with E-state index in [0.717, 1.165) is 26.9 Å². The first-order valence-corrected chi connectivity index (χ1v) is 10.2. The van der Waals surface area contributed by atoms with Gasteiger partial charge in [-0.05, 0) is 63.1 Å². The fraction of sp³-hybridized carbons (Fsp3) is 0.318. The molecule has 6 nitrogen and oxygen atoms in total. The smallest absolute Gasteiger partial charge is 0.240 e. The van der Waals surface area contributed by atoms with Crippen LogP contribution in [0.2, 0.25) is 0 Å². The van der Waals surface area contributed by atoms with Crippen LogP contribution >= 0.6 is 15.9 Å². The third kappa shape index (κ3) is 7.69. The lowest BCUT2D eigenvalue weighted by Crippen LogP contribution is -2.21. The van der Waals surface area contributed by atoms with E-state index < -0.39 is 0 Å². The Morgan fingerprint density at radius 2 is 1.83 bits per heavy atom. The Hall–Kier alpha value is -2.67. The Morgan fingerprint density at radius 1 is 1.10 bits per heavy atom. The first-order valence-electron chi connectivity index (χ1n) is 9.40. The molecule has 0 bridgehead atoms. The molecule has 29 heavy (non-hydrogen) atoms. The highest BCUT2D eigenvalue weighted by Gasteiger charge is 2.09. The van der Waals surface area contributed by atoms with E-state index in [1.807, 2.05) is 64.1 Å². The summed E-state index contributed by atoms with van der Waals surface area (Å²) in [6, 6.07) is 11.4. The first-order chi connectivity index (χ1) is 13.7. The molecule has 0 aliphatic carbocycles. The molecule has 7 heteroatoms. The minimum atomic E-state index is -0.335. The van der Waals surface area contributed by atoms with Crippen molar-refractivity contribution in [2.75, 3.05) is 5.32 Å². The standard InChI is InChI=1S/C22H26BrN3O3/c1-14(2)29-20-8-7-18(23)12-17(20)13-24-26-22(28)10-9-21(27)25-19-11-15(3)5-6-16(19)4/h5-8,11-14H,9-10H2,1-4H3,(H,25,27)(H,26,28). The summed E-state index contributed by atoms with van der Waals surface area (Å²) in [7, 11) is 0. The van der Waals surface area contributed by atoms with Gasteiger partial charge < -0.3 is 10.1 Å². The lowest BCUT2D eigenvalue weighted by molar-refractivity contribution is -0.124. The average Bonchev–Trinajstić information content (AvgIpc) is 2.65. The van der Waals surface area contributed by atoms with Gasteiger partial charge in [0.1, 0.15) is 5.75 Å². The van der Waals surface area contributed by atoms with Gasteiger partial charge in [-0.1, -0.05) is 28.1 Å². The molecule has 2 rings (SSSR count). The Kier molecular flexibility index (Phi) is 8.39. The van der Waals surface area contributed by atoms with Crippen molar-refractivity contribution >= 4 is 39.6 Å². The van der Waals surface area contributed by atoms with E-state index in [4.69, 9.17) is 4.74 Å². The quantitative estimate of drug-likeness (QED) is 0.442. The first kappa shape index (κ1) is 22.6. The summed E-state index contributed by atoms with van der Waals surface area (Å²) in [5, 5.41) is 6.82. The minimum Gasteiger partial charge on any atom is -0.490 e. The Morgan fingerprint density at radius 3 is 2.55 bits per heavy atom. The van der Waals surface area contributed by atoms with Gasteiger partial charge in [0, 0.05) is 28.6 Å². The summed E-state index contributed by atoms with van der Waals surface area (Å²) in [5.41, 5.74) is 5.99. The summed E-state index contributed by atoms with van der Waals surface area (Å²) in [6.45, 7) is 7.77. The number of benzene rings is 2. The number of rotatable bonds is 8. The lowest BCUT2D eigenvalue weighted by Gasteiger charge is -2.12. The number of aryl methyl sites for hydroxylation is 2. The maximum atomic E-state index is 12.1. The van der Waals surface area contributed by atoms with Crippen molar-refractivity contribution in [1.82, 2.24) is 5.43 Å². The van der Waals surface area contributed by atoms with Crippen LogP contribution in [0.1, 0.15) is 43.4 Å². The molecule has 0 heterocycles. The maximum Gasteiger partial charge on any atom is 0.240 e. The highest BCUT2D eigenvalue weighted by atomic mass is 79.9. The third-order valence-corrected chi connectivity index (χ3v) is 4.47. The zero-order valence-electron chi connectivity index (χ0n) is 17.1. The van der Waals surface area contributed by atoms with Gasteiger partial charge in [0.25, 0.3) is 0 Å². The van der Waals surface area contributed by atoms with Gasteiger partial charge in [-0.2, -0.15) is 5.10 Å². The van der Waals surface area contributed by atoms with Crippen molar-refractivity contribution in [2.24, 2.45) is 5.10 Å². The predicted octanol–water partition coefficient (Wildman–Crippen LogP) is 4.72. The van der Waals surface area contributed by atoms with E-state index in [2.05, 4.69) is 31.8 Å². The molecule has 0 aliphatic rings. The SMILES string of the molecule is Cc1ccc(C)c(NC(=O)CCC(=O)NN=Cc2cc(Br)ccc2OC(C)C)c1. The topological polar surface area (TPSA) is 79.8 Å². The van der Waals surface area contributed by atoms with Crippen LogP contribution in [-0.4, -0.2) is 24.1 Å². The zero-order valence-corrected chi connectivity index (χ0v) is 18.7. The Balaban J connectivity index is 1.86. The molecule has 154 valence electrons. The van der Waals surface area contributed by atoms with Gasteiger partial charge in [-0.15, -0.1) is 0 Å². The Bertz CT molecular complexity index is 910. The highest BCUT2D eigenvalue weighted by Crippen LogP contribution is 2.22. The third-order valence-electron chi connectivity index (χ3n) is 3.97. The number of hydrogen-bond donors (Lipinski definition) is 2. The molecule has 2 amide bonds. The number of carbonyl (C=O) groups excluding carboxylic acids is 2. The number of amides is 2. The fourth-order valence-electron chi connectivity index (χ4n) is 2.52. The summed E-state index contributed by atoms with van der Waals surface area (Å²) in [4.78, 5) is 24.1. The molecule has 0 saturated carbocycles. The average molecular weight is 460 g/mol. The normalized spacial score (nSPS) is 11.0. The summed E-state index contributed by atoms with van der Waals surface area (Å²) in [5.74, 6) is 0.130. The van der Waals surface area contributed by atoms with Gasteiger partial charge in [-0.25, -0.2) is 5.43 Å². The number of hydrazone groups is 1. The molecule has 2 N–H and O–H groups in total. The van der Waals surface area contributed by atoms with Crippen LogP contribution in [0.4, 0.5) is 5.69 Å². The van der Waals surface area contributed by atoms with Crippen LogP contribution in [0.3, 0.4) is 0 Å². The van der Waals surface area contributed by atoms with Crippen LogP contribution in [-0.2, 0) is 9.59 Å². The van der Waals surface area contributed by atoms with Crippen LogP contribution in [0.5, 0.6) is 5.75 Å². The molecule has 0 radical (unpaired) electrons. The van der Waals surface area contributed by atoms with Crippen LogP contribution in [0.25, 0.3) is 0 Å². The number of carbonyl (C=O) groups is 2. The molecule has 2 aromatic rings. The minimum absolute atomic E-state index is 0.0217. The van der Waals surface area contributed by atoms with E-state index in [1.54, 1.807) is 0 Å². The number of hydrogen-bond acceptors (Lipinski definition) is 4. The van der Waals surface area contributed by atoms with Crippen molar-refractivity contribution in [3.05, 3.63) is 57.6 Å². The Labute approximate surface area is 179 Å². The van der Waals surface area contributed by atoms with E-state index in [1.165, 1.54) is 6.21 Å². The number of nitrogens with zero attached hydrogens (tertiary/aromatic N) is 1. The molecule has 2 aromatic carbocycles. The van der Waals surface area contributed by atoms with Gasteiger partial charge in [0.2, 0.25) is 11.8 Å². The van der Waals surface area contributed by atoms with Crippen LogP contribution in [0.15, 0.2) is 46.0 Å².